The third-order valence-corrected chi connectivity index (χ3v) is 5.48. The highest BCUT2D eigenvalue weighted by Crippen LogP contribution is 2.20. The van der Waals surface area contributed by atoms with E-state index in [-0.39, 0.29) is 30.6 Å². The van der Waals surface area contributed by atoms with Gasteiger partial charge in [-0.1, -0.05) is 11.8 Å². The summed E-state index contributed by atoms with van der Waals surface area (Å²) in [7, 11) is 1.72. The maximum absolute atomic E-state index is 12.3. The van der Waals surface area contributed by atoms with Gasteiger partial charge in [-0.15, -0.1) is 10.2 Å². The number of aryl methyl sites for hydroxylation is 1. The molecule has 0 radical (unpaired) electrons. The molecule has 2 aromatic heterocycles. The van der Waals surface area contributed by atoms with Crippen LogP contribution in [0.2, 0.25) is 0 Å². The van der Waals surface area contributed by atoms with Gasteiger partial charge in [-0.25, -0.2) is 14.3 Å². The minimum atomic E-state index is -0.504. The second-order valence-electron chi connectivity index (χ2n) is 6.60. The van der Waals surface area contributed by atoms with Gasteiger partial charge < -0.3 is 24.7 Å². The van der Waals surface area contributed by atoms with Crippen molar-refractivity contribution in [1.29, 1.82) is 0 Å². The second kappa shape index (κ2) is 10.0. The number of imidazole rings is 1. The van der Waals surface area contributed by atoms with E-state index in [4.69, 9.17) is 4.74 Å². The van der Waals surface area contributed by atoms with Crippen LogP contribution in [0, 0.1) is 17.0 Å². The molecule has 13 heteroatoms. The van der Waals surface area contributed by atoms with E-state index in [0.29, 0.717) is 28.1 Å². The molecule has 168 valence electrons. The van der Waals surface area contributed by atoms with Crippen molar-refractivity contribution < 1.29 is 19.2 Å². The van der Waals surface area contributed by atoms with Crippen molar-refractivity contribution in [2.24, 2.45) is 7.05 Å². The molecule has 0 unspecified atom stereocenters. The Morgan fingerprint density at radius 2 is 1.97 bits per heavy atom. The number of ether oxygens (including phenoxy) is 1. The summed E-state index contributed by atoms with van der Waals surface area (Å²) in [5, 5.41) is 22.5. The van der Waals surface area contributed by atoms with E-state index >= 15 is 0 Å². The van der Waals surface area contributed by atoms with Gasteiger partial charge in [0.25, 0.3) is 0 Å². The van der Waals surface area contributed by atoms with E-state index in [1.54, 1.807) is 49.7 Å². The molecule has 3 rings (SSSR count). The van der Waals surface area contributed by atoms with Gasteiger partial charge in [0.15, 0.2) is 23.4 Å². The first-order valence-corrected chi connectivity index (χ1v) is 10.5. The highest BCUT2D eigenvalue weighted by molar-refractivity contribution is 7.99. The van der Waals surface area contributed by atoms with Crippen LogP contribution in [-0.2, 0) is 23.1 Å². The molecule has 0 saturated carbocycles. The van der Waals surface area contributed by atoms with E-state index in [0.717, 1.165) is 0 Å². The minimum absolute atomic E-state index is 0.0792. The number of thioether (sulfide) groups is 1. The van der Waals surface area contributed by atoms with Crippen molar-refractivity contribution in [3.05, 3.63) is 57.8 Å². The molecule has 0 bridgehead atoms. The number of carbonyl (C=O) groups is 2. The Morgan fingerprint density at radius 3 is 2.62 bits per heavy atom. The van der Waals surface area contributed by atoms with Crippen LogP contribution in [0.25, 0.3) is 0 Å². The highest BCUT2D eigenvalue weighted by Gasteiger charge is 2.21. The SMILES string of the molecule is CCOC(=O)c1ccc(NC(=O)CSc2nnc(Cn3c([N+](=O)[O-])cnc3C)n2C)cc1. The second-order valence-corrected chi connectivity index (χ2v) is 7.54. The van der Waals surface area contributed by atoms with Gasteiger partial charge in [0, 0.05) is 19.7 Å². The van der Waals surface area contributed by atoms with Crippen LogP contribution < -0.4 is 5.32 Å². The van der Waals surface area contributed by atoms with Gasteiger partial charge in [0.05, 0.1) is 17.9 Å². The van der Waals surface area contributed by atoms with Crippen molar-refractivity contribution in [3.8, 4) is 0 Å². The predicted octanol–water partition coefficient (Wildman–Crippen LogP) is 2.18. The summed E-state index contributed by atoms with van der Waals surface area (Å²) in [5.41, 5.74) is 0.949. The summed E-state index contributed by atoms with van der Waals surface area (Å²) in [6, 6.07) is 6.39. The molecule has 3 aromatic rings. The fourth-order valence-electron chi connectivity index (χ4n) is 2.78. The zero-order chi connectivity index (χ0) is 23.3. The molecule has 1 amide bonds. The number of benzene rings is 1. The number of aromatic nitrogens is 5. The number of rotatable bonds is 9. The topological polar surface area (TPSA) is 147 Å². The number of nitro groups is 1. The molecule has 2 heterocycles. The molecule has 0 fully saturated rings. The lowest BCUT2D eigenvalue weighted by atomic mass is 10.2. The summed E-state index contributed by atoms with van der Waals surface area (Å²) in [5.74, 6) is 0.247. The van der Waals surface area contributed by atoms with Gasteiger partial charge in [0.1, 0.15) is 6.20 Å². The number of amides is 1. The van der Waals surface area contributed by atoms with Crippen LogP contribution in [0.1, 0.15) is 28.9 Å². The number of nitrogens with zero attached hydrogens (tertiary/aromatic N) is 6. The number of anilines is 1. The highest BCUT2D eigenvalue weighted by atomic mass is 32.2. The number of nitrogens with one attached hydrogen (secondary N) is 1. The van der Waals surface area contributed by atoms with Crippen molar-refractivity contribution in [2.75, 3.05) is 17.7 Å². The average Bonchev–Trinajstić information content (AvgIpc) is 3.30. The molecular formula is C19H21N7O5S. The molecule has 0 spiro atoms. The Kier molecular flexibility index (Phi) is 7.20. The summed E-state index contributed by atoms with van der Waals surface area (Å²) in [4.78, 5) is 38.6. The maximum Gasteiger partial charge on any atom is 0.343 e. The molecule has 0 atom stereocenters. The van der Waals surface area contributed by atoms with Crippen molar-refractivity contribution in [1.82, 2.24) is 24.3 Å². The van der Waals surface area contributed by atoms with E-state index in [1.807, 2.05) is 0 Å². The van der Waals surface area contributed by atoms with E-state index in [9.17, 15) is 19.7 Å². The first kappa shape index (κ1) is 22.9. The summed E-state index contributed by atoms with van der Waals surface area (Å²) < 4.78 is 8.04. The minimum Gasteiger partial charge on any atom is -0.462 e. The van der Waals surface area contributed by atoms with E-state index in [1.165, 1.54) is 22.5 Å². The quantitative estimate of drug-likeness (QED) is 0.220. The van der Waals surface area contributed by atoms with Crippen LogP contribution in [0.3, 0.4) is 0 Å². The molecule has 0 aliphatic heterocycles. The number of hydrogen-bond donors (Lipinski definition) is 1. The monoisotopic (exact) mass is 459 g/mol. The first-order valence-electron chi connectivity index (χ1n) is 9.54. The van der Waals surface area contributed by atoms with Gasteiger partial charge in [-0.3, -0.25) is 4.79 Å². The standard InChI is InChI=1S/C19H21N7O5S/c1-4-31-18(28)13-5-7-14(8-6-13)21-16(27)11-32-19-23-22-15(24(19)3)10-25-12(2)20-9-17(25)26(29)30/h5-9H,4,10-11H2,1-3H3,(H,21,27). The lowest BCUT2D eigenvalue weighted by Gasteiger charge is -2.07. The Bertz CT molecular complexity index is 1140. The zero-order valence-corrected chi connectivity index (χ0v) is 18.5. The molecular weight excluding hydrogens is 438 g/mol. The smallest absolute Gasteiger partial charge is 0.343 e. The van der Waals surface area contributed by atoms with E-state index < -0.39 is 10.9 Å². The third kappa shape index (κ3) is 5.29. The number of carbonyl (C=O) groups excluding carboxylic acids is 2. The molecule has 1 aromatic carbocycles. The number of hydrogen-bond acceptors (Lipinski definition) is 9. The van der Waals surface area contributed by atoms with E-state index in [2.05, 4.69) is 20.5 Å². The summed E-state index contributed by atoms with van der Waals surface area (Å²) >= 11 is 1.18. The summed E-state index contributed by atoms with van der Waals surface area (Å²) in [6.45, 7) is 3.82. The van der Waals surface area contributed by atoms with Crippen molar-refractivity contribution in [3.63, 3.8) is 0 Å². The fraction of sp³-hybridized carbons (Fsp3) is 0.316. The van der Waals surface area contributed by atoms with Crippen LogP contribution in [0.15, 0.2) is 35.6 Å². The molecule has 12 nitrogen and oxygen atoms in total. The van der Waals surface area contributed by atoms with Crippen LogP contribution in [-0.4, -0.2) is 53.5 Å². The van der Waals surface area contributed by atoms with Crippen LogP contribution in [0.4, 0.5) is 11.5 Å². The Hall–Kier alpha value is -3.74. The van der Waals surface area contributed by atoms with Gasteiger partial charge in [-0.05, 0) is 36.1 Å². The van der Waals surface area contributed by atoms with Gasteiger partial charge in [0.2, 0.25) is 5.91 Å². The molecule has 0 aliphatic rings. The fourth-order valence-corrected chi connectivity index (χ4v) is 3.51. The lowest BCUT2D eigenvalue weighted by Crippen LogP contribution is -2.15. The molecule has 0 saturated heterocycles. The molecule has 32 heavy (non-hydrogen) atoms. The average molecular weight is 459 g/mol. The lowest BCUT2D eigenvalue weighted by molar-refractivity contribution is -0.392. The number of esters is 1. The molecule has 0 aliphatic carbocycles. The largest absolute Gasteiger partial charge is 0.462 e. The Balaban J connectivity index is 1.58. The first-order chi connectivity index (χ1) is 15.3. The van der Waals surface area contributed by atoms with Crippen molar-refractivity contribution >= 4 is 35.1 Å². The Morgan fingerprint density at radius 1 is 1.25 bits per heavy atom. The van der Waals surface area contributed by atoms with Crippen LogP contribution >= 0.6 is 11.8 Å². The zero-order valence-electron chi connectivity index (χ0n) is 17.6. The third-order valence-electron chi connectivity index (χ3n) is 4.46. The summed E-state index contributed by atoms with van der Waals surface area (Å²) in [6.07, 6.45) is 1.20. The van der Waals surface area contributed by atoms with Gasteiger partial charge in [-0.2, -0.15) is 0 Å². The predicted molar refractivity (Wildman–Crippen MR) is 115 cm³/mol. The maximum atomic E-state index is 12.3. The van der Waals surface area contributed by atoms with Crippen molar-refractivity contribution in [2.45, 2.75) is 25.5 Å². The van der Waals surface area contributed by atoms with Gasteiger partial charge >= 0.3 is 11.8 Å². The normalized spacial score (nSPS) is 10.7. The Labute approximate surface area is 187 Å². The molecule has 1 N–H and O–H groups in total. The van der Waals surface area contributed by atoms with Crippen LogP contribution in [0.5, 0.6) is 0 Å².